The number of aromatic nitrogens is 1. The number of likely N-dealkylation sites (N-methyl/N-ethyl adjacent to an activating group) is 1. The number of hydrogen-bond acceptors (Lipinski definition) is 7. The number of amides is 1. The summed E-state index contributed by atoms with van der Waals surface area (Å²) in [6.07, 6.45) is 1.69. The first-order chi connectivity index (χ1) is 15.5. The third kappa shape index (κ3) is 4.35. The lowest BCUT2D eigenvalue weighted by molar-refractivity contribution is -0.129. The summed E-state index contributed by atoms with van der Waals surface area (Å²) in [5, 5.41) is 12.2. The molecule has 8 nitrogen and oxygen atoms in total. The Kier molecular flexibility index (Phi) is 5.96. The second-order valence-corrected chi connectivity index (χ2v) is 9.66. The minimum Gasteiger partial charge on any atom is -0.399 e. The second kappa shape index (κ2) is 8.46. The van der Waals surface area contributed by atoms with Crippen molar-refractivity contribution in [3.63, 3.8) is 0 Å². The van der Waals surface area contributed by atoms with Crippen molar-refractivity contribution in [3.05, 3.63) is 47.7 Å². The standard InChI is InChI=1S/C24H32BN5O3/c1-23(2)24(3,4)33-25(32-23)17-7-8-19(27-5)18(14-17)22(26)16-9-10-28-20(13-16)30-12-11-29(6)21(31)15-30/h7-10,13-14,26-27H,11-12,15H2,1-6H3. The molecule has 2 saturated heterocycles. The van der Waals surface area contributed by atoms with Crippen LogP contribution in [0.3, 0.4) is 0 Å². The van der Waals surface area contributed by atoms with Crippen molar-refractivity contribution in [1.29, 1.82) is 5.41 Å². The van der Waals surface area contributed by atoms with Gasteiger partial charge in [-0.3, -0.25) is 10.2 Å². The molecular weight excluding hydrogens is 417 g/mol. The molecule has 0 spiro atoms. The number of hydrogen-bond donors (Lipinski definition) is 2. The molecule has 0 bridgehead atoms. The van der Waals surface area contributed by atoms with Crippen LogP contribution in [0.25, 0.3) is 0 Å². The molecule has 0 radical (unpaired) electrons. The largest absolute Gasteiger partial charge is 0.494 e. The van der Waals surface area contributed by atoms with Gasteiger partial charge < -0.3 is 24.4 Å². The van der Waals surface area contributed by atoms with Crippen LogP contribution in [-0.2, 0) is 14.1 Å². The minimum absolute atomic E-state index is 0.0658. The van der Waals surface area contributed by atoms with Crippen LogP contribution in [0.4, 0.5) is 11.5 Å². The van der Waals surface area contributed by atoms with Gasteiger partial charge in [0.1, 0.15) is 5.82 Å². The number of anilines is 2. The Morgan fingerprint density at radius 2 is 1.82 bits per heavy atom. The van der Waals surface area contributed by atoms with Gasteiger partial charge in [0, 0.05) is 50.2 Å². The lowest BCUT2D eigenvalue weighted by Crippen LogP contribution is -2.48. The highest BCUT2D eigenvalue weighted by molar-refractivity contribution is 6.62. The SMILES string of the molecule is CNc1ccc(B2OC(C)(C)C(C)(C)O2)cc1C(=N)c1ccnc(N2CCN(C)C(=O)C2)c1. The van der Waals surface area contributed by atoms with Crippen molar-refractivity contribution in [3.8, 4) is 0 Å². The van der Waals surface area contributed by atoms with E-state index < -0.39 is 18.3 Å². The van der Waals surface area contributed by atoms with Gasteiger partial charge in [-0.05, 0) is 51.4 Å². The molecule has 1 aromatic carbocycles. The topological polar surface area (TPSA) is 90.8 Å². The molecule has 1 amide bonds. The molecule has 33 heavy (non-hydrogen) atoms. The quantitative estimate of drug-likeness (QED) is 0.537. The van der Waals surface area contributed by atoms with Crippen LogP contribution in [0.1, 0.15) is 38.8 Å². The van der Waals surface area contributed by atoms with Gasteiger partial charge in [0.15, 0.2) is 0 Å². The summed E-state index contributed by atoms with van der Waals surface area (Å²) in [6.45, 7) is 9.77. The third-order valence-electron chi connectivity index (χ3n) is 6.92. The van der Waals surface area contributed by atoms with Crippen LogP contribution in [0, 0.1) is 5.41 Å². The third-order valence-corrected chi connectivity index (χ3v) is 6.92. The van der Waals surface area contributed by atoms with Gasteiger partial charge in [-0.1, -0.05) is 12.1 Å². The molecule has 0 atom stereocenters. The van der Waals surface area contributed by atoms with Gasteiger partial charge in [-0.15, -0.1) is 0 Å². The van der Waals surface area contributed by atoms with Gasteiger partial charge in [-0.2, -0.15) is 0 Å². The monoisotopic (exact) mass is 449 g/mol. The molecule has 0 unspecified atom stereocenters. The number of piperazine rings is 1. The van der Waals surface area contributed by atoms with E-state index >= 15 is 0 Å². The maximum atomic E-state index is 12.1. The maximum Gasteiger partial charge on any atom is 0.494 e. The fourth-order valence-corrected chi connectivity index (χ4v) is 3.97. The van der Waals surface area contributed by atoms with Crippen LogP contribution in [0.2, 0.25) is 0 Å². The summed E-state index contributed by atoms with van der Waals surface area (Å²) >= 11 is 0. The number of nitrogens with one attached hydrogen (secondary N) is 2. The summed E-state index contributed by atoms with van der Waals surface area (Å²) in [6, 6.07) is 9.58. The molecular formula is C24H32BN5O3. The lowest BCUT2D eigenvalue weighted by Gasteiger charge is -2.32. The number of nitrogens with zero attached hydrogens (tertiary/aromatic N) is 3. The van der Waals surface area contributed by atoms with Crippen molar-refractivity contribution < 1.29 is 14.1 Å². The maximum absolute atomic E-state index is 12.1. The van der Waals surface area contributed by atoms with Crippen LogP contribution < -0.4 is 15.7 Å². The summed E-state index contributed by atoms with van der Waals surface area (Å²) in [5.74, 6) is 0.767. The predicted octanol–water partition coefficient (Wildman–Crippen LogP) is 2.12. The molecule has 2 aromatic rings. The average Bonchev–Trinajstić information content (AvgIpc) is 3.01. The van der Waals surface area contributed by atoms with E-state index in [1.165, 1.54) is 0 Å². The first-order valence-electron chi connectivity index (χ1n) is 11.2. The Hall–Kier alpha value is -2.91. The van der Waals surface area contributed by atoms with Crippen molar-refractivity contribution in [2.24, 2.45) is 0 Å². The van der Waals surface area contributed by atoms with Gasteiger partial charge >= 0.3 is 7.12 Å². The van der Waals surface area contributed by atoms with Crippen molar-refractivity contribution >= 4 is 35.7 Å². The van der Waals surface area contributed by atoms with E-state index in [1.54, 1.807) is 11.1 Å². The van der Waals surface area contributed by atoms with E-state index in [4.69, 9.17) is 14.7 Å². The van der Waals surface area contributed by atoms with Crippen molar-refractivity contribution in [1.82, 2.24) is 9.88 Å². The van der Waals surface area contributed by atoms with E-state index in [-0.39, 0.29) is 5.91 Å². The first-order valence-corrected chi connectivity index (χ1v) is 11.2. The zero-order valence-corrected chi connectivity index (χ0v) is 20.2. The van der Waals surface area contributed by atoms with Gasteiger partial charge in [0.05, 0.1) is 23.5 Å². The molecule has 0 saturated carbocycles. The van der Waals surface area contributed by atoms with Gasteiger partial charge in [-0.25, -0.2) is 4.98 Å². The average molecular weight is 449 g/mol. The summed E-state index contributed by atoms with van der Waals surface area (Å²) < 4.78 is 12.4. The first kappa shape index (κ1) is 23.3. The predicted molar refractivity (Wildman–Crippen MR) is 132 cm³/mol. The number of rotatable bonds is 5. The van der Waals surface area contributed by atoms with Crippen molar-refractivity contribution in [2.45, 2.75) is 38.9 Å². The Morgan fingerprint density at radius 3 is 2.45 bits per heavy atom. The molecule has 2 aliphatic heterocycles. The molecule has 2 fully saturated rings. The molecule has 0 aliphatic carbocycles. The summed E-state index contributed by atoms with van der Waals surface area (Å²) in [7, 11) is 3.15. The fourth-order valence-electron chi connectivity index (χ4n) is 3.97. The van der Waals surface area contributed by atoms with E-state index in [2.05, 4.69) is 10.3 Å². The van der Waals surface area contributed by atoms with Crippen molar-refractivity contribution in [2.75, 3.05) is 43.9 Å². The Bertz CT molecular complexity index is 1070. The number of carbonyl (C=O) groups excluding carboxylic acids is 1. The highest BCUT2D eigenvalue weighted by Crippen LogP contribution is 2.36. The zero-order valence-electron chi connectivity index (χ0n) is 20.2. The highest BCUT2D eigenvalue weighted by Gasteiger charge is 2.51. The van der Waals surface area contributed by atoms with Gasteiger partial charge in [0.2, 0.25) is 5.91 Å². The molecule has 4 rings (SSSR count). The minimum atomic E-state index is -0.503. The molecule has 174 valence electrons. The number of benzene rings is 1. The zero-order chi connectivity index (χ0) is 24.0. The smallest absolute Gasteiger partial charge is 0.399 e. The van der Waals surface area contributed by atoms with Crippen LogP contribution >= 0.6 is 0 Å². The summed E-state index contributed by atoms with van der Waals surface area (Å²) in [4.78, 5) is 20.3. The molecule has 2 N–H and O–H groups in total. The highest BCUT2D eigenvalue weighted by atomic mass is 16.7. The number of pyridine rings is 1. The van der Waals surface area contributed by atoms with Crippen LogP contribution in [-0.4, -0.2) is 73.6 Å². The fraction of sp³-hybridized carbons (Fsp3) is 0.458. The van der Waals surface area contributed by atoms with Gasteiger partial charge in [0.25, 0.3) is 0 Å². The van der Waals surface area contributed by atoms with E-state index in [9.17, 15) is 4.79 Å². The summed E-state index contributed by atoms with van der Waals surface area (Å²) in [5.41, 5.74) is 2.67. The Morgan fingerprint density at radius 1 is 1.12 bits per heavy atom. The number of carbonyl (C=O) groups is 1. The van der Waals surface area contributed by atoms with Crippen LogP contribution in [0.5, 0.6) is 0 Å². The van der Waals surface area contributed by atoms with E-state index in [0.29, 0.717) is 31.2 Å². The second-order valence-electron chi connectivity index (χ2n) is 9.66. The molecule has 3 heterocycles. The normalized spacial score (nSPS) is 19.7. The molecule has 1 aromatic heterocycles. The van der Waals surface area contributed by atoms with E-state index in [1.807, 2.05) is 77.0 Å². The molecule has 9 heteroatoms. The van der Waals surface area contributed by atoms with Crippen LogP contribution in [0.15, 0.2) is 36.5 Å². The Balaban J connectivity index is 1.63. The van der Waals surface area contributed by atoms with E-state index in [0.717, 1.165) is 22.3 Å². The lowest BCUT2D eigenvalue weighted by atomic mass is 9.77. The Labute approximate surface area is 195 Å². The molecule has 2 aliphatic rings.